The van der Waals surface area contributed by atoms with E-state index >= 15 is 0 Å². The predicted molar refractivity (Wildman–Crippen MR) is 42.9 cm³/mol. The van der Waals surface area contributed by atoms with Gasteiger partial charge in [-0.05, 0) is 6.92 Å². The van der Waals surface area contributed by atoms with Gasteiger partial charge in [-0.1, -0.05) is 0 Å². The number of esters is 1. The second kappa shape index (κ2) is 4.04. The van der Waals surface area contributed by atoms with Crippen LogP contribution < -0.4 is 0 Å². The maximum atomic E-state index is 10.9. The molecule has 76 valence electrons. The zero-order valence-corrected chi connectivity index (χ0v) is 7.78. The van der Waals surface area contributed by atoms with Gasteiger partial charge in [0.15, 0.2) is 5.79 Å². The van der Waals surface area contributed by atoms with E-state index in [1.165, 1.54) is 7.11 Å². The molecule has 0 spiro atoms. The van der Waals surface area contributed by atoms with Crippen molar-refractivity contribution in [2.45, 2.75) is 25.2 Å². The van der Waals surface area contributed by atoms with Crippen LogP contribution in [0.4, 0.5) is 0 Å². The van der Waals surface area contributed by atoms with Crippen molar-refractivity contribution in [3.05, 3.63) is 0 Å². The van der Waals surface area contributed by atoms with Gasteiger partial charge >= 0.3 is 5.97 Å². The van der Waals surface area contributed by atoms with Gasteiger partial charge in [0.2, 0.25) is 0 Å². The Morgan fingerprint density at radius 3 is 2.62 bits per heavy atom. The molecule has 1 rings (SSSR count). The standard InChI is InChI=1S/C8H14O5/c1-8(3-7(10)11-2)12-4-6(9)5-13-8/h6,9H,3-5H2,1-2H3. The average Bonchev–Trinajstić information content (AvgIpc) is 2.10. The third-order valence-corrected chi connectivity index (χ3v) is 1.86. The second-order valence-corrected chi connectivity index (χ2v) is 3.16. The van der Waals surface area contributed by atoms with Gasteiger partial charge in [0, 0.05) is 0 Å². The number of carbonyl (C=O) groups is 1. The third kappa shape index (κ3) is 2.95. The first kappa shape index (κ1) is 10.4. The van der Waals surface area contributed by atoms with Crippen molar-refractivity contribution in [1.82, 2.24) is 0 Å². The Bertz CT molecular complexity index is 183. The van der Waals surface area contributed by atoms with Crippen LogP contribution in [0.3, 0.4) is 0 Å². The van der Waals surface area contributed by atoms with E-state index in [9.17, 15) is 4.79 Å². The lowest BCUT2D eigenvalue weighted by atomic mass is 10.2. The summed E-state index contributed by atoms with van der Waals surface area (Å²) in [5.41, 5.74) is 0. The van der Waals surface area contributed by atoms with Crippen molar-refractivity contribution in [2.24, 2.45) is 0 Å². The van der Waals surface area contributed by atoms with Gasteiger partial charge < -0.3 is 19.3 Å². The van der Waals surface area contributed by atoms with Gasteiger partial charge in [0.1, 0.15) is 6.10 Å². The number of methoxy groups -OCH3 is 1. The van der Waals surface area contributed by atoms with E-state index in [0.29, 0.717) is 0 Å². The predicted octanol–water partition coefficient (Wildman–Crippen LogP) is -0.327. The van der Waals surface area contributed by atoms with Crippen molar-refractivity contribution in [3.63, 3.8) is 0 Å². The van der Waals surface area contributed by atoms with Crippen LogP contribution in [-0.2, 0) is 19.0 Å². The monoisotopic (exact) mass is 190 g/mol. The molecule has 1 aliphatic heterocycles. The molecule has 0 unspecified atom stereocenters. The zero-order valence-electron chi connectivity index (χ0n) is 7.78. The molecule has 0 aliphatic carbocycles. The Balaban J connectivity index is 2.43. The summed E-state index contributed by atoms with van der Waals surface area (Å²) in [5.74, 6) is -1.34. The largest absolute Gasteiger partial charge is 0.469 e. The molecular weight excluding hydrogens is 176 g/mol. The molecule has 1 heterocycles. The minimum absolute atomic E-state index is 0.0379. The SMILES string of the molecule is COC(=O)CC1(C)OCC(O)CO1. The Labute approximate surface area is 76.6 Å². The fourth-order valence-corrected chi connectivity index (χ4v) is 1.07. The number of rotatable bonds is 2. The summed E-state index contributed by atoms with van der Waals surface area (Å²) in [6, 6.07) is 0. The summed E-state index contributed by atoms with van der Waals surface area (Å²) >= 11 is 0. The molecule has 0 saturated carbocycles. The smallest absolute Gasteiger partial charge is 0.310 e. The number of hydrogen-bond acceptors (Lipinski definition) is 5. The Hall–Kier alpha value is -0.650. The molecule has 1 N–H and O–H groups in total. The van der Waals surface area contributed by atoms with Crippen LogP contribution >= 0.6 is 0 Å². The first-order valence-corrected chi connectivity index (χ1v) is 4.08. The van der Waals surface area contributed by atoms with Crippen molar-refractivity contribution < 1.29 is 24.1 Å². The molecule has 1 fully saturated rings. The van der Waals surface area contributed by atoms with Crippen LogP contribution in [-0.4, -0.2) is 43.3 Å². The minimum atomic E-state index is -0.952. The number of carbonyl (C=O) groups excluding carboxylic acids is 1. The highest BCUT2D eigenvalue weighted by atomic mass is 16.7. The highest BCUT2D eigenvalue weighted by Crippen LogP contribution is 2.22. The molecular formula is C8H14O5. The Kier molecular flexibility index (Phi) is 3.24. The van der Waals surface area contributed by atoms with Gasteiger partial charge in [0.05, 0.1) is 26.7 Å². The van der Waals surface area contributed by atoms with Crippen LogP contribution in [0.15, 0.2) is 0 Å². The molecule has 0 aromatic heterocycles. The van der Waals surface area contributed by atoms with Crippen molar-refractivity contribution in [3.8, 4) is 0 Å². The summed E-state index contributed by atoms with van der Waals surface area (Å²) < 4.78 is 14.8. The molecule has 0 aromatic carbocycles. The van der Waals surface area contributed by atoms with E-state index in [1.807, 2.05) is 0 Å². The minimum Gasteiger partial charge on any atom is -0.469 e. The zero-order chi connectivity index (χ0) is 9.90. The van der Waals surface area contributed by atoms with Crippen LogP contribution in [0.2, 0.25) is 0 Å². The summed E-state index contributed by atoms with van der Waals surface area (Å²) in [7, 11) is 1.31. The van der Waals surface area contributed by atoms with Gasteiger partial charge in [-0.15, -0.1) is 0 Å². The normalized spacial score (nSPS) is 34.2. The van der Waals surface area contributed by atoms with E-state index < -0.39 is 11.9 Å². The fraction of sp³-hybridized carbons (Fsp3) is 0.875. The molecule has 0 bridgehead atoms. The number of ether oxygens (including phenoxy) is 3. The second-order valence-electron chi connectivity index (χ2n) is 3.16. The fourth-order valence-electron chi connectivity index (χ4n) is 1.07. The van der Waals surface area contributed by atoms with Crippen LogP contribution in [0.5, 0.6) is 0 Å². The highest BCUT2D eigenvalue weighted by Gasteiger charge is 2.35. The molecule has 0 radical (unpaired) electrons. The van der Waals surface area contributed by atoms with E-state index in [1.54, 1.807) is 6.92 Å². The van der Waals surface area contributed by atoms with Gasteiger partial charge in [-0.3, -0.25) is 4.79 Å². The molecule has 0 amide bonds. The van der Waals surface area contributed by atoms with Crippen LogP contribution in [0, 0.1) is 0 Å². The van der Waals surface area contributed by atoms with Crippen molar-refractivity contribution >= 4 is 5.97 Å². The van der Waals surface area contributed by atoms with Crippen molar-refractivity contribution in [2.75, 3.05) is 20.3 Å². The highest BCUT2D eigenvalue weighted by molar-refractivity contribution is 5.70. The lowest BCUT2D eigenvalue weighted by Gasteiger charge is -2.35. The molecule has 13 heavy (non-hydrogen) atoms. The maximum absolute atomic E-state index is 10.9. The molecule has 5 nitrogen and oxygen atoms in total. The first-order valence-electron chi connectivity index (χ1n) is 4.08. The first-order chi connectivity index (χ1) is 6.06. The van der Waals surface area contributed by atoms with Gasteiger partial charge in [-0.2, -0.15) is 0 Å². The molecule has 5 heteroatoms. The Morgan fingerprint density at radius 1 is 1.62 bits per heavy atom. The van der Waals surface area contributed by atoms with E-state index in [4.69, 9.17) is 14.6 Å². The van der Waals surface area contributed by atoms with Crippen LogP contribution in [0.1, 0.15) is 13.3 Å². The quantitative estimate of drug-likeness (QED) is 0.604. The summed E-state index contributed by atoms with van der Waals surface area (Å²) in [5, 5.41) is 9.07. The lowest BCUT2D eigenvalue weighted by Crippen LogP contribution is -2.45. The summed E-state index contributed by atoms with van der Waals surface area (Å²) in [4.78, 5) is 10.9. The van der Waals surface area contributed by atoms with E-state index in [2.05, 4.69) is 4.74 Å². The maximum Gasteiger partial charge on any atom is 0.310 e. The molecule has 0 aromatic rings. The number of hydrogen-bond donors (Lipinski definition) is 1. The van der Waals surface area contributed by atoms with Crippen LogP contribution in [0.25, 0.3) is 0 Å². The molecule has 1 saturated heterocycles. The number of aliphatic hydroxyl groups excluding tert-OH is 1. The van der Waals surface area contributed by atoms with Crippen molar-refractivity contribution in [1.29, 1.82) is 0 Å². The van der Waals surface area contributed by atoms with E-state index in [-0.39, 0.29) is 25.6 Å². The van der Waals surface area contributed by atoms with Gasteiger partial charge in [0.25, 0.3) is 0 Å². The van der Waals surface area contributed by atoms with E-state index in [0.717, 1.165) is 0 Å². The number of aliphatic hydroxyl groups is 1. The Morgan fingerprint density at radius 2 is 2.15 bits per heavy atom. The summed E-state index contributed by atoms with van der Waals surface area (Å²) in [6.07, 6.45) is -0.568. The lowest BCUT2D eigenvalue weighted by molar-refractivity contribution is -0.284. The average molecular weight is 190 g/mol. The third-order valence-electron chi connectivity index (χ3n) is 1.86. The molecule has 1 aliphatic rings. The topological polar surface area (TPSA) is 65.0 Å². The summed E-state index contributed by atoms with van der Waals surface area (Å²) in [6.45, 7) is 2.02. The van der Waals surface area contributed by atoms with Gasteiger partial charge in [-0.25, -0.2) is 0 Å². The molecule has 0 atom stereocenters.